The van der Waals surface area contributed by atoms with Gasteiger partial charge in [0.15, 0.2) is 0 Å². The first-order valence-corrected chi connectivity index (χ1v) is 6.14. The molecule has 1 aromatic rings. The topological polar surface area (TPSA) is 45.4 Å². The van der Waals surface area contributed by atoms with Crippen molar-refractivity contribution in [2.75, 3.05) is 6.61 Å². The molecule has 0 bridgehead atoms. The van der Waals surface area contributed by atoms with Crippen molar-refractivity contribution in [1.82, 2.24) is 5.32 Å². The average molecular weight is 223 g/mol. The molecule has 0 amide bonds. The van der Waals surface area contributed by atoms with Crippen LogP contribution < -0.4 is 5.32 Å². The molecule has 1 heterocycles. The SMILES string of the molecule is Cc1ccc(C(C)NC(CCO)C2CC2)o1. The highest BCUT2D eigenvalue weighted by atomic mass is 16.3. The smallest absolute Gasteiger partial charge is 0.120 e. The van der Waals surface area contributed by atoms with E-state index in [0.717, 1.165) is 23.9 Å². The van der Waals surface area contributed by atoms with Crippen LogP contribution in [0.15, 0.2) is 16.5 Å². The van der Waals surface area contributed by atoms with Gasteiger partial charge in [-0.1, -0.05) is 0 Å². The molecule has 0 radical (unpaired) electrons. The number of rotatable bonds is 6. The molecule has 0 aliphatic heterocycles. The summed E-state index contributed by atoms with van der Waals surface area (Å²) in [5.41, 5.74) is 0. The van der Waals surface area contributed by atoms with Gasteiger partial charge in [-0.3, -0.25) is 0 Å². The summed E-state index contributed by atoms with van der Waals surface area (Å²) >= 11 is 0. The summed E-state index contributed by atoms with van der Waals surface area (Å²) in [5, 5.41) is 12.6. The molecule has 2 unspecified atom stereocenters. The van der Waals surface area contributed by atoms with Crippen LogP contribution in [0.4, 0.5) is 0 Å². The molecule has 2 atom stereocenters. The van der Waals surface area contributed by atoms with Crippen LogP contribution in [0.1, 0.15) is 43.7 Å². The first-order valence-electron chi connectivity index (χ1n) is 6.14. The summed E-state index contributed by atoms with van der Waals surface area (Å²) in [7, 11) is 0. The molecule has 2 N–H and O–H groups in total. The van der Waals surface area contributed by atoms with Crippen molar-refractivity contribution in [2.45, 2.75) is 45.2 Å². The van der Waals surface area contributed by atoms with Gasteiger partial charge in [0.25, 0.3) is 0 Å². The first kappa shape index (κ1) is 11.7. The number of aryl methyl sites for hydroxylation is 1. The van der Waals surface area contributed by atoms with Crippen LogP contribution in [-0.4, -0.2) is 17.8 Å². The Balaban J connectivity index is 1.91. The molecule has 0 saturated heterocycles. The number of hydrogen-bond acceptors (Lipinski definition) is 3. The highest BCUT2D eigenvalue weighted by Crippen LogP contribution is 2.35. The highest BCUT2D eigenvalue weighted by Gasteiger charge is 2.31. The molecule has 3 nitrogen and oxygen atoms in total. The molecule has 1 aromatic heterocycles. The Hall–Kier alpha value is -0.800. The second kappa shape index (κ2) is 5.02. The van der Waals surface area contributed by atoms with E-state index in [4.69, 9.17) is 9.52 Å². The minimum atomic E-state index is 0.228. The Bertz CT molecular complexity index is 330. The van der Waals surface area contributed by atoms with Crippen LogP contribution in [-0.2, 0) is 0 Å². The second-order valence-corrected chi connectivity index (χ2v) is 4.79. The molecule has 2 rings (SSSR count). The Morgan fingerprint density at radius 1 is 1.50 bits per heavy atom. The second-order valence-electron chi connectivity index (χ2n) is 4.79. The largest absolute Gasteiger partial charge is 0.465 e. The zero-order chi connectivity index (χ0) is 11.5. The summed E-state index contributed by atoms with van der Waals surface area (Å²) in [6.45, 7) is 4.34. The Kier molecular flexibility index (Phi) is 3.66. The van der Waals surface area contributed by atoms with E-state index in [0.29, 0.717) is 6.04 Å². The van der Waals surface area contributed by atoms with Gasteiger partial charge < -0.3 is 14.8 Å². The summed E-state index contributed by atoms with van der Waals surface area (Å²) in [6, 6.07) is 4.68. The van der Waals surface area contributed by atoms with E-state index < -0.39 is 0 Å². The highest BCUT2D eigenvalue weighted by molar-refractivity contribution is 5.09. The van der Waals surface area contributed by atoms with Crippen molar-refractivity contribution in [3.8, 4) is 0 Å². The molecule has 3 heteroatoms. The van der Waals surface area contributed by atoms with Crippen molar-refractivity contribution in [1.29, 1.82) is 0 Å². The van der Waals surface area contributed by atoms with Gasteiger partial charge in [0.05, 0.1) is 6.04 Å². The van der Waals surface area contributed by atoms with E-state index in [2.05, 4.69) is 12.2 Å². The fourth-order valence-electron chi connectivity index (χ4n) is 2.18. The van der Waals surface area contributed by atoms with Crippen molar-refractivity contribution in [3.63, 3.8) is 0 Å². The van der Waals surface area contributed by atoms with Crippen molar-refractivity contribution in [2.24, 2.45) is 5.92 Å². The van der Waals surface area contributed by atoms with E-state index in [1.54, 1.807) is 0 Å². The minimum absolute atomic E-state index is 0.228. The molecule has 16 heavy (non-hydrogen) atoms. The molecular weight excluding hydrogens is 202 g/mol. The van der Waals surface area contributed by atoms with Crippen LogP contribution in [0.3, 0.4) is 0 Å². The molecule has 1 aliphatic rings. The van der Waals surface area contributed by atoms with Crippen molar-refractivity contribution < 1.29 is 9.52 Å². The Morgan fingerprint density at radius 3 is 2.75 bits per heavy atom. The van der Waals surface area contributed by atoms with E-state index >= 15 is 0 Å². The van der Waals surface area contributed by atoms with Crippen LogP contribution >= 0.6 is 0 Å². The molecular formula is C13H21NO2. The van der Waals surface area contributed by atoms with Crippen molar-refractivity contribution >= 4 is 0 Å². The maximum atomic E-state index is 9.04. The van der Waals surface area contributed by atoms with Gasteiger partial charge in [-0.25, -0.2) is 0 Å². The lowest BCUT2D eigenvalue weighted by Gasteiger charge is -2.21. The number of aliphatic hydroxyl groups is 1. The van der Waals surface area contributed by atoms with E-state index in [1.807, 2.05) is 19.1 Å². The molecule has 1 aliphatic carbocycles. The minimum Gasteiger partial charge on any atom is -0.465 e. The van der Waals surface area contributed by atoms with Gasteiger partial charge in [0, 0.05) is 12.6 Å². The lowest BCUT2D eigenvalue weighted by atomic mass is 10.1. The third kappa shape index (κ3) is 2.86. The predicted octanol–water partition coefficient (Wildman–Crippen LogP) is 2.40. The Labute approximate surface area is 96.8 Å². The molecule has 1 saturated carbocycles. The standard InChI is InChI=1S/C13H21NO2/c1-9-3-6-13(16-9)10(2)14-12(7-8-15)11-4-5-11/h3,6,10-12,14-15H,4-5,7-8H2,1-2H3. The fraction of sp³-hybridized carbons (Fsp3) is 0.692. The van der Waals surface area contributed by atoms with Crippen LogP contribution in [0, 0.1) is 12.8 Å². The van der Waals surface area contributed by atoms with E-state index in [9.17, 15) is 0 Å². The maximum Gasteiger partial charge on any atom is 0.120 e. The van der Waals surface area contributed by atoms with Gasteiger partial charge >= 0.3 is 0 Å². The molecule has 90 valence electrons. The average Bonchev–Trinajstić information content (AvgIpc) is 3.00. The van der Waals surface area contributed by atoms with Gasteiger partial charge in [-0.2, -0.15) is 0 Å². The Morgan fingerprint density at radius 2 is 2.25 bits per heavy atom. The summed E-state index contributed by atoms with van der Waals surface area (Å²) in [5.74, 6) is 2.69. The molecule has 1 fully saturated rings. The monoisotopic (exact) mass is 223 g/mol. The number of furan rings is 1. The van der Waals surface area contributed by atoms with Crippen molar-refractivity contribution in [3.05, 3.63) is 23.7 Å². The maximum absolute atomic E-state index is 9.04. The van der Waals surface area contributed by atoms with Crippen LogP contribution in [0.25, 0.3) is 0 Å². The summed E-state index contributed by atoms with van der Waals surface area (Å²) < 4.78 is 5.60. The molecule has 0 spiro atoms. The summed E-state index contributed by atoms with van der Waals surface area (Å²) in [6.07, 6.45) is 3.43. The number of hydrogen-bond donors (Lipinski definition) is 2. The summed E-state index contributed by atoms with van der Waals surface area (Å²) in [4.78, 5) is 0. The third-order valence-electron chi connectivity index (χ3n) is 3.28. The van der Waals surface area contributed by atoms with Gasteiger partial charge in [-0.05, 0) is 51.2 Å². The normalized spacial score (nSPS) is 19.7. The van der Waals surface area contributed by atoms with Gasteiger partial charge in [0.2, 0.25) is 0 Å². The zero-order valence-electron chi connectivity index (χ0n) is 10.1. The van der Waals surface area contributed by atoms with E-state index in [1.165, 1.54) is 12.8 Å². The van der Waals surface area contributed by atoms with Gasteiger partial charge in [-0.15, -0.1) is 0 Å². The van der Waals surface area contributed by atoms with E-state index in [-0.39, 0.29) is 12.6 Å². The zero-order valence-corrected chi connectivity index (χ0v) is 10.1. The number of aliphatic hydroxyl groups excluding tert-OH is 1. The lowest BCUT2D eigenvalue weighted by Crippen LogP contribution is -2.34. The lowest BCUT2D eigenvalue weighted by molar-refractivity contribution is 0.245. The number of nitrogens with one attached hydrogen (secondary N) is 1. The molecule has 0 aromatic carbocycles. The van der Waals surface area contributed by atoms with Crippen LogP contribution in [0.2, 0.25) is 0 Å². The quantitative estimate of drug-likeness (QED) is 0.778. The van der Waals surface area contributed by atoms with Crippen LogP contribution in [0.5, 0.6) is 0 Å². The predicted molar refractivity (Wildman–Crippen MR) is 63.2 cm³/mol. The first-order chi connectivity index (χ1) is 7.70. The van der Waals surface area contributed by atoms with Gasteiger partial charge in [0.1, 0.15) is 11.5 Å². The third-order valence-corrected chi connectivity index (χ3v) is 3.28. The fourth-order valence-corrected chi connectivity index (χ4v) is 2.18.